The number of nitrogens with one attached hydrogen (secondary N) is 1. The van der Waals surface area contributed by atoms with Gasteiger partial charge in [-0.3, -0.25) is 0 Å². The van der Waals surface area contributed by atoms with E-state index in [4.69, 9.17) is 0 Å². The van der Waals surface area contributed by atoms with E-state index in [0.29, 0.717) is 0 Å². The van der Waals surface area contributed by atoms with E-state index in [1.807, 2.05) is 30.3 Å². The first kappa shape index (κ1) is 10.9. The Balaban J connectivity index is 2.37. The van der Waals surface area contributed by atoms with Gasteiger partial charge in [0, 0.05) is 18.3 Å². The van der Waals surface area contributed by atoms with E-state index in [1.165, 1.54) is 0 Å². The van der Waals surface area contributed by atoms with Crippen molar-refractivity contribution >= 4 is 0 Å². The van der Waals surface area contributed by atoms with Gasteiger partial charge in [0.25, 0.3) is 0 Å². The fourth-order valence-corrected chi connectivity index (χ4v) is 2.01. The largest absolute Gasteiger partial charge is 0.392 e. The van der Waals surface area contributed by atoms with Crippen LogP contribution in [0.25, 0.3) is 0 Å². The SMILES string of the molecule is OCC1=CNC=C(CO)C1c1ccccc1. The van der Waals surface area contributed by atoms with Gasteiger partial charge >= 0.3 is 0 Å². The Morgan fingerprint density at radius 3 is 2.00 bits per heavy atom. The van der Waals surface area contributed by atoms with Gasteiger partial charge in [-0.15, -0.1) is 0 Å². The van der Waals surface area contributed by atoms with Crippen LogP contribution in [0.3, 0.4) is 0 Å². The number of hydrogen-bond donors (Lipinski definition) is 3. The van der Waals surface area contributed by atoms with Crippen LogP contribution in [0.1, 0.15) is 11.5 Å². The Hall–Kier alpha value is -1.58. The summed E-state index contributed by atoms with van der Waals surface area (Å²) in [4.78, 5) is 0. The second-order valence-electron chi connectivity index (χ2n) is 3.77. The van der Waals surface area contributed by atoms with Crippen LogP contribution in [0.15, 0.2) is 53.9 Å². The van der Waals surface area contributed by atoms with Crippen molar-refractivity contribution in [3.8, 4) is 0 Å². The zero-order chi connectivity index (χ0) is 11.4. The lowest BCUT2D eigenvalue weighted by atomic mass is 9.84. The predicted octanol–water partition coefficient (Wildman–Crippen LogP) is 1.13. The molecule has 3 heteroatoms. The zero-order valence-electron chi connectivity index (χ0n) is 8.93. The maximum Gasteiger partial charge on any atom is 0.0667 e. The molecule has 16 heavy (non-hydrogen) atoms. The third-order valence-electron chi connectivity index (χ3n) is 2.78. The van der Waals surface area contributed by atoms with Crippen LogP contribution in [0.5, 0.6) is 0 Å². The molecule has 84 valence electrons. The Kier molecular flexibility index (Phi) is 3.39. The molecule has 0 amide bonds. The van der Waals surface area contributed by atoms with E-state index < -0.39 is 0 Å². The summed E-state index contributed by atoms with van der Waals surface area (Å²) >= 11 is 0. The zero-order valence-corrected chi connectivity index (χ0v) is 8.93. The number of aliphatic hydroxyl groups excluding tert-OH is 2. The molecule has 0 unspecified atom stereocenters. The Bertz CT molecular complexity index is 389. The van der Waals surface area contributed by atoms with Gasteiger partial charge in [0.1, 0.15) is 0 Å². The molecule has 1 aromatic carbocycles. The molecule has 0 aliphatic carbocycles. The van der Waals surface area contributed by atoms with E-state index >= 15 is 0 Å². The summed E-state index contributed by atoms with van der Waals surface area (Å²) in [5.41, 5.74) is 2.83. The summed E-state index contributed by atoms with van der Waals surface area (Å²) in [7, 11) is 0. The van der Waals surface area contributed by atoms with Crippen LogP contribution >= 0.6 is 0 Å². The lowest BCUT2D eigenvalue weighted by Gasteiger charge is -2.25. The summed E-state index contributed by atoms with van der Waals surface area (Å²) in [6.45, 7) is -0.0200. The molecule has 0 radical (unpaired) electrons. The van der Waals surface area contributed by atoms with Gasteiger partial charge in [0.15, 0.2) is 0 Å². The van der Waals surface area contributed by atoms with E-state index in [2.05, 4.69) is 5.32 Å². The molecule has 0 spiro atoms. The van der Waals surface area contributed by atoms with E-state index in [1.54, 1.807) is 12.4 Å². The monoisotopic (exact) mass is 217 g/mol. The van der Waals surface area contributed by atoms with Gasteiger partial charge in [-0.1, -0.05) is 30.3 Å². The third kappa shape index (κ3) is 2.01. The van der Waals surface area contributed by atoms with Gasteiger partial charge in [0.05, 0.1) is 13.2 Å². The molecule has 0 bridgehead atoms. The molecule has 0 atom stereocenters. The minimum Gasteiger partial charge on any atom is -0.392 e. The first-order valence-corrected chi connectivity index (χ1v) is 5.27. The molecule has 3 nitrogen and oxygen atoms in total. The number of benzene rings is 1. The van der Waals surface area contributed by atoms with Crippen molar-refractivity contribution in [1.29, 1.82) is 0 Å². The van der Waals surface area contributed by atoms with Gasteiger partial charge in [-0.25, -0.2) is 0 Å². The van der Waals surface area contributed by atoms with Gasteiger partial charge in [-0.2, -0.15) is 0 Å². The highest BCUT2D eigenvalue weighted by Gasteiger charge is 2.22. The Morgan fingerprint density at radius 1 is 0.938 bits per heavy atom. The maximum absolute atomic E-state index is 9.32. The molecule has 1 aliphatic heterocycles. The maximum atomic E-state index is 9.32. The second kappa shape index (κ2) is 4.96. The van der Waals surface area contributed by atoms with Crippen molar-refractivity contribution in [2.24, 2.45) is 0 Å². The average molecular weight is 217 g/mol. The quantitative estimate of drug-likeness (QED) is 0.711. The van der Waals surface area contributed by atoms with E-state index in [0.717, 1.165) is 16.7 Å². The van der Waals surface area contributed by atoms with Crippen molar-refractivity contribution in [3.63, 3.8) is 0 Å². The van der Waals surface area contributed by atoms with Crippen molar-refractivity contribution in [2.75, 3.05) is 13.2 Å². The molecule has 0 saturated heterocycles. The lowest BCUT2D eigenvalue weighted by molar-refractivity contribution is 0.306. The fraction of sp³-hybridized carbons (Fsp3) is 0.231. The van der Waals surface area contributed by atoms with E-state index in [9.17, 15) is 10.2 Å². The topological polar surface area (TPSA) is 52.5 Å². The fourth-order valence-electron chi connectivity index (χ4n) is 2.01. The molecule has 1 aliphatic rings. The van der Waals surface area contributed by atoms with Gasteiger partial charge < -0.3 is 15.5 Å². The molecule has 0 fully saturated rings. The molecule has 1 aromatic rings. The van der Waals surface area contributed by atoms with Gasteiger partial charge in [0.2, 0.25) is 0 Å². The summed E-state index contributed by atoms with van der Waals surface area (Å²) in [6, 6.07) is 9.88. The van der Waals surface area contributed by atoms with Gasteiger partial charge in [-0.05, 0) is 16.7 Å². The average Bonchev–Trinajstić information content (AvgIpc) is 2.38. The third-order valence-corrected chi connectivity index (χ3v) is 2.78. The molecular weight excluding hydrogens is 202 g/mol. The number of dihydropyridines is 1. The second-order valence-corrected chi connectivity index (χ2v) is 3.77. The smallest absolute Gasteiger partial charge is 0.0667 e. The summed E-state index contributed by atoms with van der Waals surface area (Å²) in [5.74, 6) is -0.0163. The highest BCUT2D eigenvalue weighted by atomic mass is 16.3. The highest BCUT2D eigenvalue weighted by molar-refractivity contribution is 5.41. The summed E-state index contributed by atoms with van der Waals surface area (Å²) in [6.07, 6.45) is 3.58. The minimum absolute atomic E-state index is 0.0100. The van der Waals surface area contributed by atoms with Crippen LogP contribution in [-0.4, -0.2) is 23.4 Å². The van der Waals surface area contributed by atoms with Crippen LogP contribution < -0.4 is 5.32 Å². The molecule has 2 rings (SSSR count). The summed E-state index contributed by atoms with van der Waals surface area (Å²) < 4.78 is 0. The number of rotatable bonds is 3. The standard InChI is InChI=1S/C13H15NO2/c15-8-11-6-14-7-12(9-16)13(11)10-4-2-1-3-5-10/h1-7,13-16H,8-9H2. The van der Waals surface area contributed by atoms with Crippen molar-refractivity contribution in [1.82, 2.24) is 5.32 Å². The van der Waals surface area contributed by atoms with Crippen molar-refractivity contribution in [2.45, 2.75) is 5.92 Å². The van der Waals surface area contributed by atoms with Crippen LogP contribution in [0, 0.1) is 0 Å². The van der Waals surface area contributed by atoms with E-state index in [-0.39, 0.29) is 19.1 Å². The Morgan fingerprint density at radius 2 is 1.50 bits per heavy atom. The normalized spacial score (nSPS) is 16.4. The van der Waals surface area contributed by atoms with Crippen LogP contribution in [-0.2, 0) is 0 Å². The molecular formula is C13H15NO2. The Labute approximate surface area is 94.7 Å². The predicted molar refractivity (Wildman–Crippen MR) is 62.7 cm³/mol. The van der Waals surface area contributed by atoms with Crippen LogP contribution in [0.4, 0.5) is 0 Å². The van der Waals surface area contributed by atoms with Crippen LogP contribution in [0.2, 0.25) is 0 Å². The molecule has 1 heterocycles. The van der Waals surface area contributed by atoms with Crippen molar-refractivity contribution in [3.05, 3.63) is 59.4 Å². The molecule has 0 saturated carbocycles. The first-order valence-electron chi connectivity index (χ1n) is 5.27. The summed E-state index contributed by atoms with van der Waals surface area (Å²) in [5, 5.41) is 21.6. The first-order chi connectivity index (χ1) is 7.86. The lowest BCUT2D eigenvalue weighted by Crippen LogP contribution is -2.19. The number of aliphatic hydroxyl groups is 2. The number of hydrogen-bond acceptors (Lipinski definition) is 3. The highest BCUT2D eigenvalue weighted by Crippen LogP contribution is 2.32. The minimum atomic E-state index is -0.0163. The molecule has 0 aromatic heterocycles. The molecule has 3 N–H and O–H groups in total. The van der Waals surface area contributed by atoms with Crippen molar-refractivity contribution < 1.29 is 10.2 Å².